The lowest BCUT2D eigenvalue weighted by atomic mass is 9.70. The number of hydrogen-bond acceptors (Lipinski definition) is 0. The molecule has 61 heavy (non-hydrogen) atoms. The molecular weight excluding hydrogens is 733 g/mol. The third-order valence-corrected chi connectivity index (χ3v) is 14.2. The molecule has 0 aromatic heterocycles. The Morgan fingerprint density at radius 1 is 0.197 bits per heavy atom. The Balaban J connectivity index is 1.07. The van der Waals surface area contributed by atoms with Gasteiger partial charge >= 0.3 is 0 Å². The lowest BCUT2D eigenvalue weighted by Crippen LogP contribution is -2.26. The highest BCUT2D eigenvalue weighted by molar-refractivity contribution is 6.22. The van der Waals surface area contributed by atoms with Gasteiger partial charge in [0.1, 0.15) is 0 Å². The van der Waals surface area contributed by atoms with Gasteiger partial charge in [0.15, 0.2) is 0 Å². The van der Waals surface area contributed by atoms with Crippen LogP contribution in [0.1, 0.15) is 22.3 Å². The van der Waals surface area contributed by atoms with Crippen molar-refractivity contribution in [3.63, 3.8) is 0 Å². The molecule has 0 fully saturated rings. The van der Waals surface area contributed by atoms with Crippen LogP contribution in [0.25, 0.3) is 109 Å². The van der Waals surface area contributed by atoms with Crippen LogP contribution in [0.5, 0.6) is 0 Å². The summed E-state index contributed by atoms with van der Waals surface area (Å²) in [6.07, 6.45) is 0. The molecule has 0 heteroatoms. The Kier molecular flexibility index (Phi) is 6.58. The molecule has 0 aliphatic heterocycles. The first kappa shape index (κ1) is 33.1. The molecule has 14 rings (SSSR count). The van der Waals surface area contributed by atoms with Gasteiger partial charge in [-0.3, -0.25) is 0 Å². The molecular formula is C61H36. The standard InChI is InChI=1S/C61H36/c1-3-15-41-37(13-1)25-29-47-43-17-5-7-19-45(43)53(35-55(41)47)39-27-31-51-49-21-9-11-23-57(49)61(59(51)33-39)58-24-12-10-22-50(58)52-32-28-40(34-60(52)61)54-36-56-42-16-4-2-14-38(42)26-30-48(56)44-18-6-8-20-46(44)54/h1-36H. The van der Waals surface area contributed by atoms with Crippen LogP contribution >= 0.6 is 0 Å². The van der Waals surface area contributed by atoms with Crippen LogP contribution in [0.2, 0.25) is 0 Å². The van der Waals surface area contributed by atoms with E-state index in [2.05, 4.69) is 218 Å². The van der Waals surface area contributed by atoms with Gasteiger partial charge in [0.05, 0.1) is 5.41 Å². The van der Waals surface area contributed by atoms with Crippen molar-refractivity contribution in [3.8, 4) is 44.5 Å². The van der Waals surface area contributed by atoms with Crippen molar-refractivity contribution in [1.82, 2.24) is 0 Å². The molecule has 0 amide bonds. The van der Waals surface area contributed by atoms with Crippen LogP contribution in [-0.2, 0) is 5.41 Å². The highest BCUT2D eigenvalue weighted by Crippen LogP contribution is 2.63. The SMILES string of the molecule is c1ccc2c(c1)-c1ccc(-c3cc4c5ccccc5ccc4c4ccccc34)cc1C21c2ccccc2-c2ccc(-c3cc4c5ccccc5ccc4c4ccccc34)cc21. The molecule has 12 aromatic rings. The Morgan fingerprint density at radius 2 is 0.557 bits per heavy atom. The Hall–Kier alpha value is -7.80. The maximum Gasteiger partial charge on any atom is 0.0725 e. The Labute approximate surface area is 353 Å². The molecule has 0 bridgehead atoms. The minimum Gasteiger partial charge on any atom is -0.0619 e. The largest absolute Gasteiger partial charge is 0.0725 e. The van der Waals surface area contributed by atoms with E-state index in [-0.39, 0.29) is 0 Å². The minimum absolute atomic E-state index is 0.497. The fourth-order valence-corrected chi connectivity index (χ4v) is 11.7. The summed E-state index contributed by atoms with van der Waals surface area (Å²) in [4.78, 5) is 0. The van der Waals surface area contributed by atoms with E-state index in [1.165, 1.54) is 131 Å². The van der Waals surface area contributed by atoms with Gasteiger partial charge in [-0.25, -0.2) is 0 Å². The quantitative estimate of drug-likeness (QED) is 0.154. The molecule has 0 nitrogen and oxygen atoms in total. The first-order valence-electron chi connectivity index (χ1n) is 21.4. The zero-order chi connectivity index (χ0) is 39.8. The van der Waals surface area contributed by atoms with Crippen molar-refractivity contribution in [2.24, 2.45) is 0 Å². The van der Waals surface area contributed by atoms with E-state index in [4.69, 9.17) is 0 Å². The zero-order valence-corrected chi connectivity index (χ0v) is 33.3. The molecule has 0 N–H and O–H groups in total. The first-order chi connectivity index (χ1) is 30.3. The third-order valence-electron chi connectivity index (χ3n) is 14.2. The first-order valence-corrected chi connectivity index (χ1v) is 21.4. The smallest absolute Gasteiger partial charge is 0.0619 e. The van der Waals surface area contributed by atoms with Crippen molar-refractivity contribution < 1.29 is 0 Å². The van der Waals surface area contributed by atoms with E-state index in [9.17, 15) is 0 Å². The summed E-state index contributed by atoms with van der Waals surface area (Å²) in [6.45, 7) is 0. The molecule has 1 spiro atoms. The van der Waals surface area contributed by atoms with E-state index in [1.807, 2.05) is 0 Å². The van der Waals surface area contributed by atoms with Crippen molar-refractivity contribution in [3.05, 3.63) is 241 Å². The van der Waals surface area contributed by atoms with Gasteiger partial charge in [-0.05, 0) is 156 Å². The second-order valence-electron chi connectivity index (χ2n) is 17.1. The summed E-state index contributed by atoms with van der Waals surface area (Å²) < 4.78 is 0. The molecule has 0 unspecified atom stereocenters. The Bertz CT molecular complexity index is 3630. The van der Waals surface area contributed by atoms with Gasteiger partial charge in [-0.15, -0.1) is 0 Å². The number of rotatable bonds is 2. The lowest BCUT2D eigenvalue weighted by molar-refractivity contribution is 0.794. The van der Waals surface area contributed by atoms with Crippen LogP contribution in [-0.4, -0.2) is 0 Å². The van der Waals surface area contributed by atoms with Crippen molar-refractivity contribution in [2.75, 3.05) is 0 Å². The summed E-state index contributed by atoms with van der Waals surface area (Å²) in [7, 11) is 0. The molecule has 0 heterocycles. The van der Waals surface area contributed by atoms with E-state index < -0.39 is 5.41 Å². The van der Waals surface area contributed by atoms with Crippen LogP contribution in [0.4, 0.5) is 0 Å². The summed E-state index contributed by atoms with van der Waals surface area (Å²) in [5, 5.41) is 15.4. The van der Waals surface area contributed by atoms with Gasteiger partial charge in [-0.2, -0.15) is 0 Å². The number of hydrogen-bond donors (Lipinski definition) is 0. The highest BCUT2D eigenvalue weighted by Gasteiger charge is 2.51. The summed E-state index contributed by atoms with van der Waals surface area (Å²) in [5.74, 6) is 0. The molecule has 0 radical (unpaired) electrons. The van der Waals surface area contributed by atoms with Crippen molar-refractivity contribution in [2.45, 2.75) is 5.41 Å². The molecule has 2 aliphatic carbocycles. The van der Waals surface area contributed by atoms with Gasteiger partial charge in [0.2, 0.25) is 0 Å². The van der Waals surface area contributed by atoms with E-state index in [0.717, 1.165) is 0 Å². The predicted octanol–water partition coefficient (Wildman–Crippen LogP) is 16.3. The summed E-state index contributed by atoms with van der Waals surface area (Å²) >= 11 is 0. The molecule has 280 valence electrons. The molecule has 2 aliphatic rings. The molecule has 12 aromatic carbocycles. The summed E-state index contributed by atoms with van der Waals surface area (Å²) in [5.41, 5.74) is 15.2. The summed E-state index contributed by atoms with van der Waals surface area (Å²) in [6, 6.07) is 82.6. The van der Waals surface area contributed by atoms with Crippen LogP contribution in [0, 0.1) is 0 Å². The third kappa shape index (κ3) is 4.33. The van der Waals surface area contributed by atoms with Gasteiger partial charge in [0, 0.05) is 0 Å². The Morgan fingerprint density at radius 3 is 1.03 bits per heavy atom. The van der Waals surface area contributed by atoms with Gasteiger partial charge in [-0.1, -0.05) is 194 Å². The average Bonchev–Trinajstić information content (AvgIpc) is 3.80. The normalized spacial score (nSPS) is 13.4. The minimum atomic E-state index is -0.497. The van der Waals surface area contributed by atoms with E-state index in [0.29, 0.717) is 0 Å². The van der Waals surface area contributed by atoms with Crippen molar-refractivity contribution in [1.29, 1.82) is 0 Å². The van der Waals surface area contributed by atoms with Crippen LogP contribution < -0.4 is 0 Å². The van der Waals surface area contributed by atoms with E-state index in [1.54, 1.807) is 0 Å². The van der Waals surface area contributed by atoms with Gasteiger partial charge in [0.25, 0.3) is 0 Å². The molecule has 0 atom stereocenters. The predicted molar refractivity (Wildman–Crippen MR) is 259 cm³/mol. The van der Waals surface area contributed by atoms with Crippen LogP contribution in [0.3, 0.4) is 0 Å². The zero-order valence-electron chi connectivity index (χ0n) is 33.3. The molecule has 0 saturated heterocycles. The highest BCUT2D eigenvalue weighted by atomic mass is 14.5. The fourth-order valence-electron chi connectivity index (χ4n) is 11.7. The maximum absolute atomic E-state index is 2.55. The average molecular weight is 769 g/mol. The second-order valence-corrected chi connectivity index (χ2v) is 17.1. The maximum atomic E-state index is 2.55. The van der Waals surface area contributed by atoms with E-state index >= 15 is 0 Å². The van der Waals surface area contributed by atoms with Gasteiger partial charge < -0.3 is 0 Å². The monoisotopic (exact) mass is 768 g/mol. The number of fused-ring (bicyclic) bond motifs is 20. The van der Waals surface area contributed by atoms with Crippen molar-refractivity contribution >= 4 is 64.6 Å². The number of benzene rings is 12. The lowest BCUT2D eigenvalue weighted by Gasteiger charge is -2.31. The second kappa shape index (κ2) is 12.1. The molecule has 0 saturated carbocycles. The topological polar surface area (TPSA) is 0 Å². The fraction of sp³-hybridized carbons (Fsp3) is 0.0164. The van der Waals surface area contributed by atoms with Crippen LogP contribution in [0.15, 0.2) is 218 Å².